The Morgan fingerprint density at radius 3 is 2.59 bits per heavy atom. The summed E-state index contributed by atoms with van der Waals surface area (Å²) in [7, 11) is 0. The second-order valence-corrected chi connectivity index (χ2v) is 8.84. The van der Waals surface area contributed by atoms with E-state index in [0.717, 1.165) is 21.0 Å². The van der Waals surface area contributed by atoms with Crippen LogP contribution in [0.4, 0.5) is 0 Å². The zero-order valence-electron chi connectivity index (χ0n) is 16.2. The van der Waals surface area contributed by atoms with Crippen molar-refractivity contribution in [3.05, 3.63) is 97.1 Å². The highest BCUT2D eigenvalue weighted by molar-refractivity contribution is 9.10. The van der Waals surface area contributed by atoms with Gasteiger partial charge < -0.3 is 9.15 Å². The number of ether oxygens (including phenoxy) is 1. The van der Waals surface area contributed by atoms with Crippen molar-refractivity contribution >= 4 is 73.8 Å². The van der Waals surface area contributed by atoms with E-state index in [-0.39, 0.29) is 5.76 Å². The average molecular weight is 553 g/mol. The van der Waals surface area contributed by atoms with Crippen molar-refractivity contribution in [1.82, 2.24) is 5.43 Å². The summed E-state index contributed by atoms with van der Waals surface area (Å²) < 4.78 is 12.1. The summed E-state index contributed by atoms with van der Waals surface area (Å²) in [6, 6.07) is 17.4. The van der Waals surface area contributed by atoms with E-state index in [9.17, 15) is 4.79 Å². The number of hydrogen-bond acceptors (Lipinski definition) is 4. The van der Waals surface area contributed by atoms with Crippen LogP contribution in [-0.4, -0.2) is 12.1 Å². The molecule has 0 radical (unpaired) electrons. The zero-order valence-corrected chi connectivity index (χ0v) is 20.1. The van der Waals surface area contributed by atoms with Crippen LogP contribution in [0, 0.1) is 0 Å². The van der Waals surface area contributed by atoms with E-state index in [0.29, 0.717) is 33.0 Å². The van der Waals surface area contributed by atoms with Gasteiger partial charge in [0, 0.05) is 26.0 Å². The van der Waals surface area contributed by atoms with E-state index in [1.54, 1.807) is 42.5 Å². The molecule has 9 heteroatoms. The van der Waals surface area contributed by atoms with Gasteiger partial charge in [-0.2, -0.15) is 5.10 Å². The van der Waals surface area contributed by atoms with Crippen molar-refractivity contribution in [2.45, 2.75) is 6.61 Å². The van der Waals surface area contributed by atoms with Crippen molar-refractivity contribution in [3.8, 4) is 5.75 Å². The molecular weight excluding hydrogens is 539 g/mol. The highest BCUT2D eigenvalue weighted by atomic mass is 79.9. The molecule has 0 saturated heterocycles. The van der Waals surface area contributed by atoms with Crippen LogP contribution >= 0.6 is 50.7 Å². The van der Waals surface area contributed by atoms with Crippen LogP contribution in [0.5, 0.6) is 5.75 Å². The lowest BCUT2D eigenvalue weighted by Crippen LogP contribution is -2.16. The van der Waals surface area contributed by atoms with Gasteiger partial charge in [0.15, 0.2) is 5.76 Å². The van der Waals surface area contributed by atoms with Crippen molar-refractivity contribution in [2.24, 2.45) is 5.10 Å². The highest BCUT2D eigenvalue weighted by Gasteiger charge is 2.12. The van der Waals surface area contributed by atoms with E-state index in [2.05, 4.69) is 26.5 Å². The molecule has 0 fully saturated rings. The molecule has 1 amide bonds. The Morgan fingerprint density at radius 1 is 1.03 bits per heavy atom. The Kier molecular flexibility index (Phi) is 7.06. The number of benzene rings is 3. The Bertz CT molecular complexity index is 1340. The smallest absolute Gasteiger partial charge is 0.307 e. The molecule has 1 heterocycles. The first kappa shape index (κ1) is 22.7. The summed E-state index contributed by atoms with van der Waals surface area (Å²) in [5, 5.41) is 6.41. The predicted molar refractivity (Wildman–Crippen MR) is 131 cm³/mol. The summed E-state index contributed by atoms with van der Waals surface area (Å²) in [6.07, 6.45) is 1.52. The van der Waals surface area contributed by atoms with Crippen molar-refractivity contribution in [1.29, 1.82) is 0 Å². The van der Waals surface area contributed by atoms with E-state index >= 15 is 0 Å². The third kappa shape index (κ3) is 5.45. The molecule has 0 saturated carbocycles. The fraction of sp³-hybridized carbons (Fsp3) is 0.0435. The van der Waals surface area contributed by atoms with Gasteiger partial charge in [0.2, 0.25) is 0 Å². The third-order valence-corrected chi connectivity index (χ3v) is 5.88. The summed E-state index contributed by atoms with van der Waals surface area (Å²) in [6.45, 7) is 0.292. The molecule has 162 valence electrons. The maximum absolute atomic E-state index is 12.3. The van der Waals surface area contributed by atoms with Crippen LogP contribution in [0.3, 0.4) is 0 Å². The summed E-state index contributed by atoms with van der Waals surface area (Å²) in [4.78, 5) is 12.3. The molecule has 32 heavy (non-hydrogen) atoms. The number of nitrogens with zero attached hydrogens (tertiary/aromatic N) is 1. The van der Waals surface area contributed by atoms with Crippen LogP contribution in [0.1, 0.15) is 21.7 Å². The van der Waals surface area contributed by atoms with Crippen LogP contribution in [0.15, 0.2) is 74.7 Å². The Labute approximate surface area is 207 Å². The fourth-order valence-electron chi connectivity index (χ4n) is 2.86. The summed E-state index contributed by atoms with van der Waals surface area (Å²) in [5.41, 5.74) is 4.60. The first-order chi connectivity index (χ1) is 15.4. The summed E-state index contributed by atoms with van der Waals surface area (Å²) in [5.74, 6) is 0.316. The molecule has 1 aromatic heterocycles. The topological polar surface area (TPSA) is 63.8 Å². The van der Waals surface area contributed by atoms with Gasteiger partial charge in [-0.3, -0.25) is 4.79 Å². The SMILES string of the molecule is O=C(N/N=C/c1ccc(OCc2ccc(Cl)cc2Cl)c(Br)c1)c1cc2cc(Cl)ccc2o1. The van der Waals surface area contributed by atoms with Gasteiger partial charge in [-0.05, 0) is 76.1 Å². The largest absolute Gasteiger partial charge is 0.488 e. The van der Waals surface area contributed by atoms with Crippen molar-refractivity contribution in [3.63, 3.8) is 0 Å². The van der Waals surface area contributed by atoms with Crippen LogP contribution < -0.4 is 10.2 Å². The van der Waals surface area contributed by atoms with Crippen LogP contribution in [-0.2, 0) is 6.61 Å². The number of rotatable bonds is 6. The van der Waals surface area contributed by atoms with Gasteiger partial charge in [0.25, 0.3) is 0 Å². The Balaban J connectivity index is 1.37. The van der Waals surface area contributed by atoms with Crippen molar-refractivity contribution < 1.29 is 13.9 Å². The predicted octanol–water partition coefficient (Wildman–Crippen LogP) is 7.50. The highest BCUT2D eigenvalue weighted by Crippen LogP contribution is 2.28. The normalized spacial score (nSPS) is 11.2. The second-order valence-electron chi connectivity index (χ2n) is 6.71. The van der Waals surface area contributed by atoms with Gasteiger partial charge in [-0.25, -0.2) is 5.43 Å². The number of hydrogen-bond donors (Lipinski definition) is 1. The quantitative estimate of drug-likeness (QED) is 0.199. The van der Waals surface area contributed by atoms with Gasteiger partial charge in [-0.15, -0.1) is 0 Å². The minimum Gasteiger partial charge on any atom is -0.488 e. The lowest BCUT2D eigenvalue weighted by atomic mass is 10.2. The number of nitrogens with one attached hydrogen (secondary N) is 1. The molecule has 4 rings (SSSR count). The molecule has 0 bridgehead atoms. The number of hydrazone groups is 1. The van der Waals surface area contributed by atoms with Gasteiger partial charge >= 0.3 is 5.91 Å². The van der Waals surface area contributed by atoms with E-state index in [4.69, 9.17) is 44.0 Å². The van der Waals surface area contributed by atoms with E-state index in [1.807, 2.05) is 18.2 Å². The Morgan fingerprint density at radius 2 is 1.81 bits per heavy atom. The molecule has 5 nitrogen and oxygen atoms in total. The number of carbonyl (C=O) groups excluding carboxylic acids is 1. The van der Waals surface area contributed by atoms with E-state index < -0.39 is 5.91 Å². The number of halogens is 4. The van der Waals surface area contributed by atoms with Gasteiger partial charge in [0.05, 0.1) is 10.7 Å². The number of furan rings is 1. The first-order valence-electron chi connectivity index (χ1n) is 9.28. The maximum Gasteiger partial charge on any atom is 0.307 e. The maximum atomic E-state index is 12.3. The lowest BCUT2D eigenvalue weighted by molar-refractivity contribution is 0.0929. The minimum atomic E-state index is -0.465. The fourth-order valence-corrected chi connectivity index (χ4v) is 4.01. The van der Waals surface area contributed by atoms with Gasteiger partial charge in [-0.1, -0.05) is 40.9 Å². The van der Waals surface area contributed by atoms with Crippen LogP contribution in [0.2, 0.25) is 15.1 Å². The molecule has 0 atom stereocenters. The Hall–Kier alpha value is -2.51. The summed E-state index contributed by atoms with van der Waals surface area (Å²) >= 11 is 21.5. The standard InChI is InChI=1S/C23H14BrCl3N2O3/c24-18-7-13(1-5-21(18)31-12-14-2-3-17(26)10-19(14)27)11-28-29-23(30)22-9-15-8-16(25)4-6-20(15)32-22/h1-11H,12H2,(H,29,30)/b28-11+. The average Bonchev–Trinajstić information content (AvgIpc) is 3.17. The molecular formula is C23H14BrCl3N2O3. The molecule has 0 spiro atoms. The monoisotopic (exact) mass is 550 g/mol. The third-order valence-electron chi connectivity index (χ3n) is 4.44. The number of amides is 1. The van der Waals surface area contributed by atoms with Gasteiger partial charge in [0.1, 0.15) is 17.9 Å². The zero-order chi connectivity index (χ0) is 22.7. The molecule has 0 aliphatic heterocycles. The molecule has 0 aliphatic carbocycles. The van der Waals surface area contributed by atoms with E-state index in [1.165, 1.54) is 6.21 Å². The first-order valence-corrected chi connectivity index (χ1v) is 11.2. The van der Waals surface area contributed by atoms with Crippen molar-refractivity contribution in [2.75, 3.05) is 0 Å². The molecule has 0 unspecified atom stereocenters. The lowest BCUT2D eigenvalue weighted by Gasteiger charge is -2.10. The van der Waals surface area contributed by atoms with Crippen LogP contribution in [0.25, 0.3) is 11.0 Å². The molecule has 4 aromatic rings. The number of fused-ring (bicyclic) bond motifs is 1. The molecule has 1 N–H and O–H groups in total. The molecule has 0 aliphatic rings. The minimum absolute atomic E-state index is 0.144. The second kappa shape index (κ2) is 9.96. The number of carbonyl (C=O) groups is 1. The molecule has 3 aromatic carbocycles.